The van der Waals surface area contributed by atoms with Crippen LogP contribution in [0.15, 0.2) is 60.7 Å². The average Bonchev–Trinajstić information content (AvgIpc) is 3.12. The molecule has 0 aromatic heterocycles. The molecule has 1 aliphatic rings. The maximum atomic E-state index is 13.4. The summed E-state index contributed by atoms with van der Waals surface area (Å²) in [6.07, 6.45) is 0. The number of nitrogens with zero attached hydrogens (tertiary/aromatic N) is 3. The fraction of sp³-hybridized carbons (Fsp3) is 0.345. The predicted molar refractivity (Wildman–Crippen MR) is 142 cm³/mol. The standard InChI is InChI=1S/C29H35N3O2/c1-8-32(9-2)24-15-17-27-25(19-24)28(33)34-29(27,21-10-12-22(13-11-21)30(4)5)26-16-14-23(31(6)7)18-20(26)3/h10-19H,8-9H2,1-7H3. The van der Waals surface area contributed by atoms with Crippen molar-refractivity contribution in [1.82, 2.24) is 0 Å². The van der Waals surface area contributed by atoms with Gasteiger partial charge in [0.15, 0.2) is 5.60 Å². The van der Waals surface area contributed by atoms with E-state index in [2.05, 4.69) is 90.1 Å². The normalized spacial score (nSPS) is 16.7. The van der Waals surface area contributed by atoms with E-state index in [1.54, 1.807) is 0 Å². The summed E-state index contributed by atoms with van der Waals surface area (Å²) in [7, 11) is 8.11. The lowest BCUT2D eigenvalue weighted by Crippen LogP contribution is -2.31. The number of ether oxygens (including phenoxy) is 1. The van der Waals surface area contributed by atoms with E-state index in [-0.39, 0.29) is 5.97 Å². The van der Waals surface area contributed by atoms with Gasteiger partial charge in [-0.05, 0) is 62.7 Å². The average molecular weight is 458 g/mol. The molecule has 0 radical (unpaired) electrons. The lowest BCUT2D eigenvalue weighted by atomic mass is 9.78. The largest absolute Gasteiger partial charge is 0.441 e. The Labute approximate surface area is 203 Å². The molecule has 178 valence electrons. The van der Waals surface area contributed by atoms with Crippen molar-refractivity contribution in [2.75, 3.05) is 56.0 Å². The van der Waals surface area contributed by atoms with Gasteiger partial charge in [-0.25, -0.2) is 4.79 Å². The highest BCUT2D eigenvalue weighted by molar-refractivity contribution is 5.97. The Kier molecular flexibility index (Phi) is 6.30. The molecule has 5 nitrogen and oxygen atoms in total. The van der Waals surface area contributed by atoms with E-state index >= 15 is 0 Å². The Hall–Kier alpha value is -3.47. The Morgan fingerprint density at radius 3 is 1.85 bits per heavy atom. The van der Waals surface area contributed by atoms with Crippen molar-refractivity contribution in [3.63, 3.8) is 0 Å². The minimum Gasteiger partial charge on any atom is -0.441 e. The molecule has 3 aromatic rings. The molecule has 1 atom stereocenters. The number of anilines is 3. The highest BCUT2D eigenvalue weighted by atomic mass is 16.6. The quantitative estimate of drug-likeness (QED) is 0.442. The van der Waals surface area contributed by atoms with Gasteiger partial charge in [0, 0.05) is 75.0 Å². The van der Waals surface area contributed by atoms with Crippen LogP contribution in [-0.4, -0.2) is 47.2 Å². The van der Waals surface area contributed by atoms with E-state index in [1.807, 2.05) is 34.3 Å². The Morgan fingerprint density at radius 1 is 0.735 bits per heavy atom. The molecular formula is C29H35N3O2. The van der Waals surface area contributed by atoms with Crippen LogP contribution in [0.2, 0.25) is 0 Å². The summed E-state index contributed by atoms with van der Waals surface area (Å²) >= 11 is 0. The van der Waals surface area contributed by atoms with Gasteiger partial charge in [0.05, 0.1) is 5.56 Å². The van der Waals surface area contributed by atoms with E-state index in [1.165, 1.54) is 0 Å². The lowest BCUT2D eigenvalue weighted by molar-refractivity contribution is 0.0250. The molecule has 4 rings (SSSR count). The molecule has 0 saturated carbocycles. The van der Waals surface area contributed by atoms with Gasteiger partial charge in [0.25, 0.3) is 0 Å². The second-order valence-corrected chi connectivity index (χ2v) is 9.31. The number of benzene rings is 3. The summed E-state index contributed by atoms with van der Waals surface area (Å²) < 4.78 is 6.39. The second kappa shape index (κ2) is 9.05. The summed E-state index contributed by atoms with van der Waals surface area (Å²) in [5.74, 6) is -0.281. The smallest absolute Gasteiger partial charge is 0.340 e. The number of cyclic esters (lactones) is 1. The van der Waals surface area contributed by atoms with E-state index in [0.29, 0.717) is 5.56 Å². The predicted octanol–water partition coefficient (Wildman–Crippen LogP) is 5.44. The molecule has 5 heteroatoms. The molecule has 0 N–H and O–H groups in total. The van der Waals surface area contributed by atoms with Gasteiger partial charge in [0.1, 0.15) is 0 Å². The van der Waals surface area contributed by atoms with Crippen molar-refractivity contribution in [2.45, 2.75) is 26.4 Å². The number of hydrogen-bond donors (Lipinski definition) is 0. The van der Waals surface area contributed by atoms with Crippen LogP contribution in [0.25, 0.3) is 0 Å². The van der Waals surface area contributed by atoms with Crippen molar-refractivity contribution in [3.05, 3.63) is 88.5 Å². The van der Waals surface area contributed by atoms with E-state index in [9.17, 15) is 4.79 Å². The van der Waals surface area contributed by atoms with Crippen LogP contribution in [0.4, 0.5) is 17.1 Å². The maximum absolute atomic E-state index is 13.4. The third kappa shape index (κ3) is 3.79. The Morgan fingerprint density at radius 2 is 1.29 bits per heavy atom. The number of carbonyl (C=O) groups excluding carboxylic acids is 1. The molecule has 0 aliphatic carbocycles. The highest BCUT2D eigenvalue weighted by Gasteiger charge is 2.49. The lowest BCUT2D eigenvalue weighted by Gasteiger charge is -2.32. The van der Waals surface area contributed by atoms with Crippen molar-refractivity contribution < 1.29 is 9.53 Å². The molecule has 1 heterocycles. The molecule has 0 bridgehead atoms. The molecule has 0 saturated heterocycles. The summed E-state index contributed by atoms with van der Waals surface area (Å²) in [6, 6.07) is 20.8. The molecule has 0 fully saturated rings. The summed E-state index contributed by atoms with van der Waals surface area (Å²) in [5.41, 5.74) is 6.80. The maximum Gasteiger partial charge on any atom is 0.340 e. The first kappa shape index (κ1) is 23.7. The Bertz CT molecular complexity index is 1200. The van der Waals surface area contributed by atoms with Gasteiger partial charge in [-0.2, -0.15) is 0 Å². The molecule has 0 amide bonds. The highest BCUT2D eigenvalue weighted by Crippen LogP contribution is 2.49. The van der Waals surface area contributed by atoms with Gasteiger partial charge in [-0.3, -0.25) is 0 Å². The van der Waals surface area contributed by atoms with Gasteiger partial charge < -0.3 is 19.4 Å². The van der Waals surface area contributed by atoms with Gasteiger partial charge in [-0.1, -0.05) is 24.3 Å². The number of carbonyl (C=O) groups is 1. The summed E-state index contributed by atoms with van der Waals surface area (Å²) in [4.78, 5) is 19.8. The van der Waals surface area contributed by atoms with Crippen LogP contribution in [-0.2, 0) is 10.3 Å². The van der Waals surface area contributed by atoms with Gasteiger partial charge in [0.2, 0.25) is 0 Å². The first-order valence-corrected chi connectivity index (χ1v) is 11.9. The van der Waals surface area contributed by atoms with Gasteiger partial charge in [-0.15, -0.1) is 0 Å². The molecule has 34 heavy (non-hydrogen) atoms. The molecule has 1 aliphatic heterocycles. The second-order valence-electron chi connectivity index (χ2n) is 9.31. The van der Waals surface area contributed by atoms with E-state index in [0.717, 1.165) is 52.4 Å². The van der Waals surface area contributed by atoms with E-state index < -0.39 is 5.60 Å². The summed E-state index contributed by atoms with van der Waals surface area (Å²) in [6.45, 7) is 8.11. The number of esters is 1. The summed E-state index contributed by atoms with van der Waals surface area (Å²) in [5, 5.41) is 0. The van der Waals surface area contributed by atoms with Gasteiger partial charge >= 0.3 is 5.97 Å². The number of aryl methyl sites for hydroxylation is 1. The third-order valence-corrected chi connectivity index (χ3v) is 6.87. The van der Waals surface area contributed by atoms with Crippen molar-refractivity contribution in [2.24, 2.45) is 0 Å². The first-order valence-electron chi connectivity index (χ1n) is 11.9. The van der Waals surface area contributed by atoms with Crippen LogP contribution in [0.3, 0.4) is 0 Å². The van der Waals surface area contributed by atoms with Crippen molar-refractivity contribution in [3.8, 4) is 0 Å². The van der Waals surface area contributed by atoms with Crippen LogP contribution in [0.5, 0.6) is 0 Å². The molecular weight excluding hydrogens is 422 g/mol. The van der Waals surface area contributed by atoms with Crippen LogP contribution in [0.1, 0.15) is 46.5 Å². The molecule has 0 spiro atoms. The Balaban J connectivity index is 1.97. The fourth-order valence-corrected chi connectivity index (χ4v) is 4.93. The van der Waals surface area contributed by atoms with Crippen LogP contribution >= 0.6 is 0 Å². The zero-order valence-corrected chi connectivity index (χ0v) is 21.3. The zero-order valence-electron chi connectivity index (χ0n) is 21.3. The van der Waals surface area contributed by atoms with E-state index in [4.69, 9.17) is 4.74 Å². The third-order valence-electron chi connectivity index (χ3n) is 6.87. The number of hydrogen-bond acceptors (Lipinski definition) is 5. The molecule has 1 unspecified atom stereocenters. The first-order chi connectivity index (χ1) is 16.2. The SMILES string of the molecule is CCN(CC)c1ccc2c(c1)C(=O)OC2(c1ccc(N(C)C)cc1)c1ccc(N(C)C)cc1C. The van der Waals surface area contributed by atoms with Crippen LogP contribution < -0.4 is 14.7 Å². The minimum atomic E-state index is -0.992. The topological polar surface area (TPSA) is 36.0 Å². The zero-order chi connectivity index (χ0) is 24.6. The number of rotatable bonds is 7. The monoisotopic (exact) mass is 457 g/mol. The molecule has 3 aromatic carbocycles. The van der Waals surface area contributed by atoms with Crippen molar-refractivity contribution in [1.29, 1.82) is 0 Å². The number of fused-ring (bicyclic) bond motifs is 1. The van der Waals surface area contributed by atoms with Crippen molar-refractivity contribution >= 4 is 23.0 Å². The van der Waals surface area contributed by atoms with Crippen LogP contribution in [0, 0.1) is 6.92 Å². The minimum absolute atomic E-state index is 0.281. The fourth-order valence-electron chi connectivity index (χ4n) is 4.93.